The Kier molecular flexibility index (Phi) is 7.61. The molecular weight excluding hydrogens is 349 g/mol. The Bertz CT molecular complexity index is 758. The molecule has 0 atom stereocenters. The van der Waals surface area contributed by atoms with E-state index in [2.05, 4.69) is 22.0 Å². The van der Waals surface area contributed by atoms with Gasteiger partial charge in [-0.2, -0.15) is 0 Å². The molecule has 0 radical (unpaired) electrons. The number of carbonyl (C=O) groups is 2. The minimum Gasteiger partial charge on any atom is -0.492 e. The number of urea groups is 1. The summed E-state index contributed by atoms with van der Waals surface area (Å²) in [6.45, 7) is 4.77. The van der Waals surface area contributed by atoms with Gasteiger partial charge in [0.1, 0.15) is 18.2 Å². The van der Waals surface area contributed by atoms with Gasteiger partial charge in [-0.15, -0.1) is 0 Å². The molecule has 0 spiro atoms. The number of halogens is 1. The minimum atomic E-state index is -0.471. The third-order valence-electron chi connectivity index (χ3n) is 3.66. The highest BCUT2D eigenvalue weighted by Crippen LogP contribution is 2.15. The molecule has 0 aliphatic rings. The van der Waals surface area contributed by atoms with E-state index in [9.17, 15) is 14.0 Å². The van der Waals surface area contributed by atoms with Crippen molar-refractivity contribution in [3.8, 4) is 5.75 Å². The van der Waals surface area contributed by atoms with Crippen LogP contribution in [0.5, 0.6) is 5.75 Å². The van der Waals surface area contributed by atoms with Gasteiger partial charge in [0, 0.05) is 6.54 Å². The molecule has 0 saturated heterocycles. The first-order valence-corrected chi connectivity index (χ1v) is 8.66. The van der Waals surface area contributed by atoms with Gasteiger partial charge in [-0.25, -0.2) is 9.18 Å². The molecule has 27 heavy (non-hydrogen) atoms. The molecule has 2 rings (SSSR count). The Morgan fingerprint density at radius 2 is 1.63 bits per heavy atom. The monoisotopic (exact) mass is 373 g/mol. The van der Waals surface area contributed by atoms with E-state index in [-0.39, 0.29) is 24.8 Å². The topological polar surface area (TPSA) is 79.5 Å². The van der Waals surface area contributed by atoms with Crippen LogP contribution in [0.2, 0.25) is 0 Å². The maximum atomic E-state index is 12.8. The number of rotatable bonds is 8. The first kappa shape index (κ1) is 20.2. The van der Waals surface area contributed by atoms with Crippen LogP contribution < -0.4 is 20.7 Å². The van der Waals surface area contributed by atoms with Gasteiger partial charge in [0.25, 0.3) is 0 Å². The van der Waals surface area contributed by atoms with Crippen LogP contribution in [0.4, 0.5) is 9.18 Å². The fraction of sp³-hybridized carbons (Fsp3) is 0.300. The Balaban J connectivity index is 1.58. The highest BCUT2D eigenvalue weighted by molar-refractivity contribution is 5.83. The van der Waals surface area contributed by atoms with Crippen molar-refractivity contribution in [3.05, 3.63) is 65.0 Å². The van der Waals surface area contributed by atoms with Crippen LogP contribution in [0.1, 0.15) is 16.7 Å². The van der Waals surface area contributed by atoms with Crippen molar-refractivity contribution in [1.29, 1.82) is 0 Å². The summed E-state index contributed by atoms with van der Waals surface area (Å²) in [6, 6.07) is 11.3. The Morgan fingerprint density at radius 3 is 2.30 bits per heavy atom. The highest BCUT2D eigenvalue weighted by Gasteiger charge is 2.05. The molecule has 0 aromatic heterocycles. The lowest BCUT2D eigenvalue weighted by Gasteiger charge is -2.10. The lowest BCUT2D eigenvalue weighted by Crippen LogP contribution is -2.42. The van der Waals surface area contributed by atoms with Crippen molar-refractivity contribution in [3.63, 3.8) is 0 Å². The van der Waals surface area contributed by atoms with Crippen molar-refractivity contribution in [1.82, 2.24) is 16.0 Å². The lowest BCUT2D eigenvalue weighted by molar-refractivity contribution is -0.120. The second-order valence-corrected chi connectivity index (χ2v) is 6.18. The van der Waals surface area contributed by atoms with Gasteiger partial charge < -0.3 is 20.7 Å². The molecule has 0 aliphatic carbocycles. The van der Waals surface area contributed by atoms with E-state index in [0.717, 1.165) is 22.4 Å². The molecule has 0 unspecified atom stereocenters. The Hall–Kier alpha value is -3.09. The first-order valence-electron chi connectivity index (χ1n) is 8.66. The maximum absolute atomic E-state index is 12.8. The van der Waals surface area contributed by atoms with Gasteiger partial charge in [0.2, 0.25) is 5.91 Å². The molecule has 0 saturated carbocycles. The van der Waals surface area contributed by atoms with E-state index in [4.69, 9.17) is 4.74 Å². The zero-order valence-electron chi connectivity index (χ0n) is 15.5. The number of nitrogens with one attached hydrogen (secondary N) is 3. The van der Waals surface area contributed by atoms with Crippen LogP contribution in [0.25, 0.3) is 0 Å². The SMILES string of the molecule is Cc1cc(C)cc(OCCNC(=O)CNC(=O)NCc2ccc(F)cc2)c1. The third kappa shape index (κ3) is 7.77. The number of aryl methyl sites for hydroxylation is 2. The van der Waals surface area contributed by atoms with Crippen LogP contribution in [0.3, 0.4) is 0 Å². The van der Waals surface area contributed by atoms with Crippen molar-refractivity contribution < 1.29 is 18.7 Å². The predicted molar refractivity (Wildman–Crippen MR) is 101 cm³/mol. The summed E-state index contributed by atoms with van der Waals surface area (Å²) in [7, 11) is 0. The van der Waals surface area contributed by atoms with Gasteiger partial charge in [-0.3, -0.25) is 4.79 Å². The molecule has 2 aromatic carbocycles. The summed E-state index contributed by atoms with van der Waals surface area (Å²) in [4.78, 5) is 23.4. The van der Waals surface area contributed by atoms with E-state index in [0.29, 0.717) is 13.2 Å². The van der Waals surface area contributed by atoms with E-state index < -0.39 is 6.03 Å². The summed E-state index contributed by atoms with van der Waals surface area (Å²) < 4.78 is 18.4. The van der Waals surface area contributed by atoms with E-state index in [1.807, 2.05) is 26.0 Å². The number of carbonyl (C=O) groups excluding carboxylic acids is 2. The molecule has 3 N–H and O–H groups in total. The standard InChI is InChI=1S/C20H24FN3O3/c1-14-9-15(2)11-18(10-14)27-8-7-22-19(25)13-24-20(26)23-12-16-3-5-17(21)6-4-16/h3-6,9-11H,7-8,12-13H2,1-2H3,(H,22,25)(H2,23,24,26). The van der Waals surface area contributed by atoms with E-state index >= 15 is 0 Å². The molecule has 0 fully saturated rings. The molecular formula is C20H24FN3O3. The zero-order chi connectivity index (χ0) is 19.6. The molecule has 0 bridgehead atoms. The second kappa shape index (κ2) is 10.2. The predicted octanol–water partition coefficient (Wildman–Crippen LogP) is 2.44. The van der Waals surface area contributed by atoms with Crippen LogP contribution in [0.15, 0.2) is 42.5 Å². The third-order valence-corrected chi connectivity index (χ3v) is 3.66. The number of ether oxygens (including phenoxy) is 1. The van der Waals surface area contributed by atoms with Crippen LogP contribution in [0, 0.1) is 19.7 Å². The Labute approximate surface area is 158 Å². The molecule has 7 heteroatoms. The average Bonchev–Trinajstić information content (AvgIpc) is 2.62. The smallest absolute Gasteiger partial charge is 0.315 e. The average molecular weight is 373 g/mol. The van der Waals surface area contributed by atoms with Gasteiger partial charge in [0.15, 0.2) is 0 Å². The van der Waals surface area contributed by atoms with Crippen LogP contribution in [-0.4, -0.2) is 31.6 Å². The number of benzene rings is 2. The number of hydrogen-bond donors (Lipinski definition) is 3. The molecule has 0 heterocycles. The number of hydrogen-bond acceptors (Lipinski definition) is 3. The van der Waals surface area contributed by atoms with Gasteiger partial charge in [-0.05, 0) is 54.8 Å². The summed E-state index contributed by atoms with van der Waals surface area (Å²) in [6.07, 6.45) is 0. The van der Waals surface area contributed by atoms with Crippen molar-refractivity contribution in [2.24, 2.45) is 0 Å². The van der Waals surface area contributed by atoms with E-state index in [1.165, 1.54) is 12.1 Å². The van der Waals surface area contributed by atoms with Crippen molar-refractivity contribution in [2.75, 3.05) is 19.7 Å². The second-order valence-electron chi connectivity index (χ2n) is 6.18. The normalized spacial score (nSPS) is 10.2. The zero-order valence-corrected chi connectivity index (χ0v) is 15.5. The van der Waals surface area contributed by atoms with Crippen LogP contribution in [-0.2, 0) is 11.3 Å². The number of amides is 3. The maximum Gasteiger partial charge on any atom is 0.315 e. The highest BCUT2D eigenvalue weighted by atomic mass is 19.1. The van der Waals surface area contributed by atoms with Gasteiger partial charge in [-0.1, -0.05) is 18.2 Å². The van der Waals surface area contributed by atoms with Crippen molar-refractivity contribution in [2.45, 2.75) is 20.4 Å². The largest absolute Gasteiger partial charge is 0.492 e. The Morgan fingerprint density at radius 1 is 0.963 bits per heavy atom. The first-order chi connectivity index (χ1) is 12.9. The summed E-state index contributed by atoms with van der Waals surface area (Å²) in [5.74, 6) is 0.123. The van der Waals surface area contributed by atoms with Gasteiger partial charge in [0.05, 0.1) is 13.1 Å². The summed E-state index contributed by atoms with van der Waals surface area (Å²) >= 11 is 0. The summed E-state index contributed by atoms with van der Waals surface area (Å²) in [5.41, 5.74) is 2.99. The van der Waals surface area contributed by atoms with E-state index in [1.54, 1.807) is 12.1 Å². The minimum absolute atomic E-state index is 0.140. The fourth-order valence-corrected chi connectivity index (χ4v) is 2.45. The lowest BCUT2D eigenvalue weighted by atomic mass is 10.1. The molecule has 3 amide bonds. The molecule has 2 aromatic rings. The van der Waals surface area contributed by atoms with Crippen LogP contribution >= 0.6 is 0 Å². The molecule has 6 nitrogen and oxygen atoms in total. The van der Waals surface area contributed by atoms with Crippen molar-refractivity contribution >= 4 is 11.9 Å². The fourth-order valence-electron chi connectivity index (χ4n) is 2.45. The molecule has 0 aliphatic heterocycles. The molecule has 144 valence electrons. The summed E-state index contributed by atoms with van der Waals surface area (Å²) in [5, 5.41) is 7.73. The quantitative estimate of drug-likeness (QED) is 0.622. The van der Waals surface area contributed by atoms with Gasteiger partial charge >= 0.3 is 6.03 Å².